The van der Waals surface area contributed by atoms with Gasteiger partial charge in [0.1, 0.15) is 0 Å². The van der Waals surface area contributed by atoms with E-state index in [4.69, 9.17) is 4.74 Å². The fourth-order valence-corrected chi connectivity index (χ4v) is 2.84. The fraction of sp³-hybridized carbons (Fsp3) is 0.571. The van der Waals surface area contributed by atoms with Crippen LogP contribution in [-0.4, -0.2) is 74.6 Å². The van der Waals surface area contributed by atoms with Crippen molar-refractivity contribution in [1.29, 1.82) is 0 Å². The molecule has 0 spiro atoms. The highest BCUT2D eigenvalue weighted by atomic mass is 35.5. The number of methoxy groups -OCH3 is 1. The topological polar surface area (TPSA) is 61.9 Å². The van der Waals surface area contributed by atoms with E-state index in [1.54, 1.807) is 12.0 Å². The normalized spacial score (nSPS) is 14.6. The van der Waals surface area contributed by atoms with Crippen LogP contribution in [0, 0.1) is 0 Å². The van der Waals surface area contributed by atoms with E-state index in [1.807, 2.05) is 21.7 Å². The maximum atomic E-state index is 12.2. The molecule has 0 radical (unpaired) electrons. The van der Waals surface area contributed by atoms with E-state index in [9.17, 15) is 9.59 Å². The lowest BCUT2D eigenvalue weighted by atomic mass is 10.2. The van der Waals surface area contributed by atoms with Gasteiger partial charge in [-0.3, -0.25) is 9.59 Å². The van der Waals surface area contributed by atoms with Crippen LogP contribution in [0.3, 0.4) is 0 Å². The summed E-state index contributed by atoms with van der Waals surface area (Å²) < 4.78 is 4.91. The third-order valence-electron chi connectivity index (χ3n) is 3.45. The molecule has 1 fully saturated rings. The van der Waals surface area contributed by atoms with Gasteiger partial charge < -0.3 is 19.9 Å². The Morgan fingerprint density at radius 3 is 2.55 bits per heavy atom. The summed E-state index contributed by atoms with van der Waals surface area (Å²) in [4.78, 5) is 27.8. The van der Waals surface area contributed by atoms with E-state index in [1.165, 1.54) is 11.3 Å². The lowest BCUT2D eigenvalue weighted by Gasteiger charge is -2.34. The molecule has 2 amide bonds. The molecule has 1 N–H and O–H groups in total. The summed E-state index contributed by atoms with van der Waals surface area (Å²) in [7, 11) is 1.63. The summed E-state index contributed by atoms with van der Waals surface area (Å²) in [6, 6.07) is 1.84. The molecule has 0 aliphatic carbocycles. The SMILES string of the molecule is COCCNCC(=O)N1CCN(C(=O)c2ccsc2)CC1.Cl. The number of hydrogen-bond donors (Lipinski definition) is 1. The Labute approximate surface area is 140 Å². The van der Waals surface area contributed by atoms with Gasteiger partial charge in [-0.2, -0.15) is 11.3 Å². The van der Waals surface area contributed by atoms with Gasteiger partial charge in [-0.05, 0) is 11.4 Å². The number of thiophene rings is 1. The van der Waals surface area contributed by atoms with Crippen molar-refractivity contribution in [2.24, 2.45) is 0 Å². The Bertz CT molecular complexity index is 462. The molecule has 1 aromatic rings. The van der Waals surface area contributed by atoms with Gasteiger partial charge in [0, 0.05) is 45.2 Å². The first-order valence-corrected chi connectivity index (χ1v) is 7.95. The van der Waals surface area contributed by atoms with Crippen LogP contribution in [0.1, 0.15) is 10.4 Å². The zero-order chi connectivity index (χ0) is 15.1. The summed E-state index contributed by atoms with van der Waals surface area (Å²) in [5, 5.41) is 6.81. The summed E-state index contributed by atoms with van der Waals surface area (Å²) in [6.45, 7) is 3.97. The molecule has 2 rings (SSSR count). The number of carbonyl (C=O) groups excluding carboxylic acids is 2. The van der Waals surface area contributed by atoms with Crippen molar-refractivity contribution in [2.75, 3.05) is 53.0 Å². The van der Waals surface area contributed by atoms with Crippen LogP contribution in [0.4, 0.5) is 0 Å². The Balaban J connectivity index is 0.00000242. The maximum Gasteiger partial charge on any atom is 0.254 e. The number of carbonyl (C=O) groups is 2. The Hall–Kier alpha value is -1.15. The zero-order valence-corrected chi connectivity index (χ0v) is 14.3. The molecule has 0 saturated carbocycles. The molecular weight excluding hydrogens is 326 g/mol. The minimum Gasteiger partial charge on any atom is -0.383 e. The highest BCUT2D eigenvalue weighted by Crippen LogP contribution is 2.11. The quantitative estimate of drug-likeness (QED) is 0.769. The van der Waals surface area contributed by atoms with Gasteiger partial charge in [-0.25, -0.2) is 0 Å². The molecule has 1 aliphatic heterocycles. The average Bonchev–Trinajstić information content (AvgIpc) is 3.05. The third-order valence-corrected chi connectivity index (χ3v) is 4.13. The second-order valence-electron chi connectivity index (χ2n) is 4.85. The summed E-state index contributed by atoms with van der Waals surface area (Å²) in [5.41, 5.74) is 0.737. The van der Waals surface area contributed by atoms with Crippen molar-refractivity contribution in [3.63, 3.8) is 0 Å². The van der Waals surface area contributed by atoms with E-state index in [0.717, 1.165) is 5.56 Å². The summed E-state index contributed by atoms with van der Waals surface area (Å²) in [6.07, 6.45) is 0. The lowest BCUT2D eigenvalue weighted by molar-refractivity contribution is -0.131. The molecule has 1 aromatic heterocycles. The van der Waals surface area contributed by atoms with Crippen molar-refractivity contribution >= 4 is 35.6 Å². The monoisotopic (exact) mass is 347 g/mol. The third kappa shape index (κ3) is 5.24. The van der Waals surface area contributed by atoms with Gasteiger partial charge in [-0.1, -0.05) is 0 Å². The van der Waals surface area contributed by atoms with Gasteiger partial charge in [0.15, 0.2) is 0 Å². The van der Waals surface area contributed by atoms with Gasteiger partial charge in [0.25, 0.3) is 5.91 Å². The predicted molar refractivity (Wildman–Crippen MR) is 88.8 cm³/mol. The smallest absolute Gasteiger partial charge is 0.254 e. The highest BCUT2D eigenvalue weighted by Gasteiger charge is 2.24. The van der Waals surface area contributed by atoms with E-state index in [-0.39, 0.29) is 24.2 Å². The number of piperazine rings is 1. The first-order valence-electron chi connectivity index (χ1n) is 7.01. The average molecular weight is 348 g/mol. The standard InChI is InChI=1S/C14H21N3O3S.ClH/c1-20-8-3-15-10-13(18)16-4-6-17(7-5-16)14(19)12-2-9-21-11-12;/h2,9,11,15H,3-8,10H2,1H3;1H. The van der Waals surface area contributed by atoms with Gasteiger partial charge in [0.05, 0.1) is 18.7 Å². The number of halogens is 1. The number of amides is 2. The summed E-state index contributed by atoms with van der Waals surface area (Å²) in [5.74, 6) is 0.135. The summed E-state index contributed by atoms with van der Waals surface area (Å²) >= 11 is 1.52. The van der Waals surface area contributed by atoms with Crippen LogP contribution in [0.25, 0.3) is 0 Å². The first kappa shape index (κ1) is 18.9. The minimum absolute atomic E-state index is 0. The molecule has 0 unspecified atom stereocenters. The van der Waals surface area contributed by atoms with E-state index >= 15 is 0 Å². The Morgan fingerprint density at radius 2 is 1.95 bits per heavy atom. The second-order valence-corrected chi connectivity index (χ2v) is 5.63. The van der Waals surface area contributed by atoms with Crippen LogP contribution in [0.15, 0.2) is 16.8 Å². The molecule has 1 aliphatic rings. The number of nitrogens with one attached hydrogen (secondary N) is 1. The molecule has 6 nitrogen and oxygen atoms in total. The van der Waals surface area contributed by atoms with Crippen LogP contribution < -0.4 is 5.32 Å². The highest BCUT2D eigenvalue weighted by molar-refractivity contribution is 7.08. The molecule has 0 aromatic carbocycles. The molecule has 22 heavy (non-hydrogen) atoms. The van der Waals surface area contributed by atoms with Crippen molar-refractivity contribution in [1.82, 2.24) is 15.1 Å². The molecular formula is C14H22ClN3O3S. The number of ether oxygens (including phenoxy) is 1. The minimum atomic E-state index is 0. The van der Waals surface area contributed by atoms with Crippen molar-refractivity contribution in [3.8, 4) is 0 Å². The van der Waals surface area contributed by atoms with Crippen molar-refractivity contribution < 1.29 is 14.3 Å². The molecule has 8 heteroatoms. The van der Waals surface area contributed by atoms with Crippen molar-refractivity contribution in [3.05, 3.63) is 22.4 Å². The molecule has 0 bridgehead atoms. The second kappa shape index (κ2) is 9.78. The number of nitrogens with zero attached hydrogens (tertiary/aromatic N) is 2. The maximum absolute atomic E-state index is 12.2. The van der Waals surface area contributed by atoms with Gasteiger partial charge in [0.2, 0.25) is 5.91 Å². The molecule has 2 heterocycles. The largest absolute Gasteiger partial charge is 0.383 e. The van der Waals surface area contributed by atoms with Crippen molar-refractivity contribution in [2.45, 2.75) is 0 Å². The lowest BCUT2D eigenvalue weighted by Crippen LogP contribution is -2.52. The molecule has 1 saturated heterocycles. The first-order chi connectivity index (χ1) is 10.2. The van der Waals surface area contributed by atoms with E-state index in [0.29, 0.717) is 45.9 Å². The van der Waals surface area contributed by atoms with Crippen LogP contribution in [0.5, 0.6) is 0 Å². The fourth-order valence-electron chi connectivity index (χ4n) is 2.21. The Kier molecular flexibility index (Phi) is 8.40. The van der Waals surface area contributed by atoms with Crippen LogP contribution in [0.2, 0.25) is 0 Å². The van der Waals surface area contributed by atoms with Crippen LogP contribution >= 0.6 is 23.7 Å². The molecule has 0 atom stereocenters. The van der Waals surface area contributed by atoms with Gasteiger partial charge >= 0.3 is 0 Å². The van der Waals surface area contributed by atoms with E-state index < -0.39 is 0 Å². The predicted octanol–water partition coefficient (Wildman–Crippen LogP) is 0.690. The number of hydrogen-bond acceptors (Lipinski definition) is 5. The molecule has 124 valence electrons. The van der Waals surface area contributed by atoms with E-state index in [2.05, 4.69) is 5.32 Å². The van der Waals surface area contributed by atoms with Gasteiger partial charge in [-0.15, -0.1) is 12.4 Å². The number of rotatable bonds is 6. The Morgan fingerprint density at radius 1 is 1.27 bits per heavy atom. The zero-order valence-electron chi connectivity index (χ0n) is 12.6. The van der Waals surface area contributed by atoms with Crippen LogP contribution in [-0.2, 0) is 9.53 Å².